The molecule has 1 N–H and O–H groups in total. The fourth-order valence-corrected chi connectivity index (χ4v) is 4.76. The molecule has 3 atom stereocenters. The molecule has 9 heteroatoms. The van der Waals surface area contributed by atoms with E-state index in [2.05, 4.69) is 5.32 Å². The van der Waals surface area contributed by atoms with Gasteiger partial charge in [-0.05, 0) is 43.9 Å². The Kier molecular flexibility index (Phi) is 7.54. The predicted molar refractivity (Wildman–Crippen MR) is 123 cm³/mol. The number of carbonyl (C=O) groups excluding carboxylic acids is 3. The third kappa shape index (κ3) is 4.22. The Hall–Kier alpha value is -3.49. The molecular formula is C25H31NO8. The molecule has 0 amide bonds. The summed E-state index contributed by atoms with van der Waals surface area (Å²) in [5.74, 6) is -2.47. The van der Waals surface area contributed by atoms with Gasteiger partial charge in [0.05, 0.1) is 40.6 Å². The van der Waals surface area contributed by atoms with Crippen LogP contribution in [0.25, 0.3) is 0 Å². The molecule has 1 aliphatic heterocycles. The van der Waals surface area contributed by atoms with Gasteiger partial charge >= 0.3 is 11.9 Å². The smallest absolute Gasteiger partial charge is 0.336 e. The van der Waals surface area contributed by atoms with E-state index in [0.29, 0.717) is 46.2 Å². The highest BCUT2D eigenvalue weighted by molar-refractivity contribution is 6.12. The number of benzene rings is 1. The van der Waals surface area contributed by atoms with Crippen molar-refractivity contribution < 1.29 is 38.1 Å². The second kappa shape index (κ2) is 10.2. The summed E-state index contributed by atoms with van der Waals surface area (Å²) in [6.45, 7) is 5.48. The van der Waals surface area contributed by atoms with Crippen LogP contribution in [0.2, 0.25) is 0 Å². The normalized spacial score (nSPS) is 22.0. The Balaban J connectivity index is 2.29. The van der Waals surface area contributed by atoms with Crippen LogP contribution in [0.3, 0.4) is 0 Å². The van der Waals surface area contributed by atoms with Crippen molar-refractivity contribution in [2.45, 2.75) is 33.1 Å². The van der Waals surface area contributed by atoms with Crippen LogP contribution in [0.15, 0.2) is 34.7 Å². The lowest BCUT2D eigenvalue weighted by Gasteiger charge is -2.38. The summed E-state index contributed by atoms with van der Waals surface area (Å²) in [4.78, 5) is 39.4. The predicted octanol–water partition coefficient (Wildman–Crippen LogP) is 2.89. The third-order valence-electron chi connectivity index (χ3n) is 6.26. The number of hydrogen-bond donors (Lipinski definition) is 1. The summed E-state index contributed by atoms with van der Waals surface area (Å²) in [7, 11) is 5.73. The summed E-state index contributed by atoms with van der Waals surface area (Å²) in [6, 6.07) is 3.40. The lowest BCUT2D eigenvalue weighted by molar-refractivity contribution is -0.151. The maximum atomic E-state index is 13.8. The van der Waals surface area contributed by atoms with Gasteiger partial charge in [-0.25, -0.2) is 4.79 Å². The van der Waals surface area contributed by atoms with E-state index < -0.39 is 23.8 Å². The maximum Gasteiger partial charge on any atom is 0.336 e. The van der Waals surface area contributed by atoms with Crippen molar-refractivity contribution in [3.05, 3.63) is 40.2 Å². The number of allylic oxidation sites excluding steroid dienone is 3. The third-order valence-corrected chi connectivity index (χ3v) is 6.26. The van der Waals surface area contributed by atoms with Crippen LogP contribution in [0.4, 0.5) is 0 Å². The number of dihydropyridines is 1. The SMILES string of the molecule is CCOC(=O)C1=C(C)NC2=C(C(=O)[C@H](C(=O)OC)[C@H](C)C2)[C@H]1c1cc(OC)c(OC)c(OC)c1. The van der Waals surface area contributed by atoms with Gasteiger partial charge in [-0.1, -0.05) is 6.92 Å². The summed E-state index contributed by atoms with van der Waals surface area (Å²) < 4.78 is 26.7. The molecule has 9 nitrogen and oxygen atoms in total. The zero-order valence-electron chi connectivity index (χ0n) is 20.6. The van der Waals surface area contributed by atoms with Gasteiger partial charge in [0.1, 0.15) is 5.92 Å². The van der Waals surface area contributed by atoms with E-state index in [1.54, 1.807) is 26.0 Å². The number of ether oxygens (including phenoxy) is 5. The Bertz CT molecular complexity index is 1050. The average Bonchev–Trinajstić information content (AvgIpc) is 2.81. The topological polar surface area (TPSA) is 109 Å². The van der Waals surface area contributed by atoms with Gasteiger partial charge in [0.15, 0.2) is 17.3 Å². The first-order valence-electron chi connectivity index (χ1n) is 11.0. The monoisotopic (exact) mass is 473 g/mol. The van der Waals surface area contributed by atoms with E-state index in [4.69, 9.17) is 23.7 Å². The molecule has 184 valence electrons. The maximum absolute atomic E-state index is 13.8. The van der Waals surface area contributed by atoms with E-state index in [0.717, 1.165) is 0 Å². The minimum Gasteiger partial charge on any atom is -0.493 e. The molecule has 0 unspecified atom stereocenters. The molecule has 0 fully saturated rings. The van der Waals surface area contributed by atoms with Crippen LogP contribution in [-0.4, -0.2) is 52.8 Å². The minimum absolute atomic E-state index is 0.166. The molecule has 1 aromatic rings. The lowest BCUT2D eigenvalue weighted by atomic mass is 9.69. The number of nitrogens with one attached hydrogen (secondary N) is 1. The fourth-order valence-electron chi connectivity index (χ4n) is 4.76. The molecular weight excluding hydrogens is 442 g/mol. The number of carbonyl (C=O) groups is 3. The molecule has 34 heavy (non-hydrogen) atoms. The van der Waals surface area contributed by atoms with Crippen molar-refractivity contribution in [2.75, 3.05) is 35.0 Å². The molecule has 0 saturated heterocycles. The van der Waals surface area contributed by atoms with Crippen LogP contribution in [0, 0.1) is 11.8 Å². The second-order valence-electron chi connectivity index (χ2n) is 8.21. The molecule has 0 saturated carbocycles. The molecule has 1 aliphatic carbocycles. The first kappa shape index (κ1) is 25.1. The molecule has 1 aromatic carbocycles. The van der Waals surface area contributed by atoms with E-state index >= 15 is 0 Å². The number of Topliss-reactive ketones (excluding diaryl/α,β-unsaturated/α-hetero) is 1. The fraction of sp³-hybridized carbons (Fsp3) is 0.480. The average molecular weight is 474 g/mol. The second-order valence-corrected chi connectivity index (χ2v) is 8.21. The van der Waals surface area contributed by atoms with E-state index in [1.165, 1.54) is 28.4 Å². The van der Waals surface area contributed by atoms with E-state index in [-0.39, 0.29) is 23.9 Å². The highest BCUT2D eigenvalue weighted by atomic mass is 16.5. The Morgan fingerprint density at radius 2 is 1.68 bits per heavy atom. The van der Waals surface area contributed by atoms with Gasteiger partial charge in [0, 0.05) is 22.9 Å². The van der Waals surface area contributed by atoms with Gasteiger partial charge < -0.3 is 29.0 Å². The molecule has 0 aromatic heterocycles. The van der Waals surface area contributed by atoms with Gasteiger partial charge in [-0.3, -0.25) is 9.59 Å². The van der Waals surface area contributed by atoms with Crippen molar-refractivity contribution in [1.29, 1.82) is 0 Å². The minimum atomic E-state index is -0.975. The lowest BCUT2D eigenvalue weighted by Crippen LogP contribution is -2.43. The summed E-state index contributed by atoms with van der Waals surface area (Å²) >= 11 is 0. The molecule has 1 heterocycles. The summed E-state index contributed by atoms with van der Waals surface area (Å²) in [6.07, 6.45) is 0.440. The van der Waals surface area contributed by atoms with Crippen LogP contribution in [0.1, 0.15) is 38.7 Å². The van der Waals surface area contributed by atoms with Crippen LogP contribution >= 0.6 is 0 Å². The van der Waals surface area contributed by atoms with Gasteiger partial charge in [0.2, 0.25) is 5.75 Å². The molecule has 0 spiro atoms. The van der Waals surface area contributed by atoms with E-state index in [9.17, 15) is 14.4 Å². The van der Waals surface area contributed by atoms with Crippen LogP contribution < -0.4 is 19.5 Å². The number of esters is 2. The van der Waals surface area contributed by atoms with Crippen molar-refractivity contribution in [3.8, 4) is 17.2 Å². The Morgan fingerprint density at radius 3 is 2.18 bits per heavy atom. The van der Waals surface area contributed by atoms with Gasteiger partial charge in [-0.2, -0.15) is 0 Å². The van der Waals surface area contributed by atoms with Crippen LogP contribution in [-0.2, 0) is 23.9 Å². The molecule has 3 rings (SSSR count). The summed E-state index contributed by atoms with van der Waals surface area (Å²) in [5, 5.41) is 3.22. The van der Waals surface area contributed by atoms with Gasteiger partial charge in [-0.15, -0.1) is 0 Å². The number of rotatable bonds is 7. The highest BCUT2D eigenvalue weighted by Gasteiger charge is 2.47. The zero-order chi connectivity index (χ0) is 25.2. The number of methoxy groups -OCH3 is 4. The number of hydrogen-bond acceptors (Lipinski definition) is 9. The van der Waals surface area contributed by atoms with Crippen molar-refractivity contribution in [3.63, 3.8) is 0 Å². The summed E-state index contributed by atoms with van der Waals surface area (Å²) in [5.41, 5.74) is 2.42. The van der Waals surface area contributed by atoms with Crippen LogP contribution in [0.5, 0.6) is 17.2 Å². The molecule has 2 aliphatic rings. The molecule has 0 bridgehead atoms. The molecule has 0 radical (unpaired) electrons. The van der Waals surface area contributed by atoms with Crippen molar-refractivity contribution >= 4 is 17.7 Å². The van der Waals surface area contributed by atoms with E-state index in [1.807, 2.05) is 6.92 Å². The van der Waals surface area contributed by atoms with Gasteiger partial charge in [0.25, 0.3) is 0 Å². The largest absolute Gasteiger partial charge is 0.493 e. The quantitative estimate of drug-likeness (QED) is 0.472. The highest BCUT2D eigenvalue weighted by Crippen LogP contribution is 2.48. The Labute approximate surface area is 199 Å². The zero-order valence-corrected chi connectivity index (χ0v) is 20.6. The van der Waals surface area contributed by atoms with Crippen molar-refractivity contribution in [2.24, 2.45) is 11.8 Å². The first-order valence-corrected chi connectivity index (χ1v) is 11.0. The first-order chi connectivity index (χ1) is 16.2. The van der Waals surface area contributed by atoms with Crippen molar-refractivity contribution in [1.82, 2.24) is 5.32 Å². The Morgan fingerprint density at radius 1 is 1.06 bits per heavy atom. The standard InChI is InChI=1S/C25H31NO8/c1-8-34-25(29)19-13(3)26-15-9-12(2)18(24(28)33-7)22(27)21(15)20(19)14-10-16(30-4)23(32-6)17(11-14)31-5/h10-12,18,20,26H,8-9H2,1-7H3/t12-,18-,20+/m1/s1. The number of ketones is 1.